The molecule has 1 aromatic rings. The van der Waals surface area contributed by atoms with Crippen molar-refractivity contribution in [3.05, 3.63) is 35.9 Å². The Balaban J connectivity index is 1.61. The monoisotopic (exact) mass is 274 g/mol. The van der Waals surface area contributed by atoms with Crippen LogP contribution in [0.4, 0.5) is 0 Å². The Morgan fingerprint density at radius 3 is 2.80 bits per heavy atom. The summed E-state index contributed by atoms with van der Waals surface area (Å²) in [6, 6.07) is 10.3. The van der Waals surface area contributed by atoms with Crippen molar-refractivity contribution < 1.29 is 14.3 Å². The van der Waals surface area contributed by atoms with Gasteiger partial charge in [0.1, 0.15) is 6.10 Å². The largest absolute Gasteiger partial charge is 0.376 e. The van der Waals surface area contributed by atoms with Gasteiger partial charge in [0.2, 0.25) is 0 Å². The van der Waals surface area contributed by atoms with Gasteiger partial charge in [-0.15, -0.1) is 0 Å². The van der Waals surface area contributed by atoms with E-state index in [1.807, 2.05) is 18.2 Å². The fourth-order valence-electron chi connectivity index (χ4n) is 3.14. The van der Waals surface area contributed by atoms with Crippen LogP contribution in [-0.4, -0.2) is 30.7 Å². The maximum absolute atomic E-state index is 12.2. The van der Waals surface area contributed by atoms with Gasteiger partial charge in [-0.05, 0) is 37.7 Å². The van der Waals surface area contributed by atoms with Crippen molar-refractivity contribution >= 4 is 5.78 Å². The lowest BCUT2D eigenvalue weighted by molar-refractivity contribution is -0.143. The van der Waals surface area contributed by atoms with Gasteiger partial charge in [0.15, 0.2) is 5.78 Å². The number of ketones is 1. The minimum absolute atomic E-state index is 0.121. The van der Waals surface area contributed by atoms with Gasteiger partial charge < -0.3 is 9.47 Å². The summed E-state index contributed by atoms with van der Waals surface area (Å²) in [4.78, 5) is 12.2. The number of carbonyl (C=O) groups is 1. The molecule has 0 aromatic heterocycles. The highest BCUT2D eigenvalue weighted by Gasteiger charge is 2.35. The summed E-state index contributed by atoms with van der Waals surface area (Å²) in [7, 11) is 0. The minimum atomic E-state index is -0.244. The third-order valence-electron chi connectivity index (χ3n) is 4.29. The summed E-state index contributed by atoms with van der Waals surface area (Å²) in [5, 5.41) is 0. The molecular weight excluding hydrogens is 252 g/mol. The number of hydrogen-bond donors (Lipinski definition) is 0. The molecule has 0 bridgehead atoms. The zero-order valence-corrected chi connectivity index (χ0v) is 11.8. The average molecular weight is 274 g/mol. The Kier molecular flexibility index (Phi) is 4.48. The first-order chi connectivity index (χ1) is 9.83. The lowest BCUT2D eigenvalue weighted by Gasteiger charge is -2.31. The minimum Gasteiger partial charge on any atom is -0.376 e. The van der Waals surface area contributed by atoms with Crippen LogP contribution in [0.3, 0.4) is 0 Å². The molecule has 2 heterocycles. The van der Waals surface area contributed by atoms with Gasteiger partial charge in [0, 0.05) is 13.0 Å². The van der Waals surface area contributed by atoms with Crippen molar-refractivity contribution in [1.82, 2.24) is 0 Å². The maximum atomic E-state index is 12.2. The molecule has 1 aromatic carbocycles. The van der Waals surface area contributed by atoms with Gasteiger partial charge >= 0.3 is 0 Å². The van der Waals surface area contributed by atoms with Crippen LogP contribution >= 0.6 is 0 Å². The molecule has 2 saturated heterocycles. The zero-order chi connectivity index (χ0) is 13.8. The number of hydrogen-bond acceptors (Lipinski definition) is 3. The molecule has 0 radical (unpaired) electrons. The van der Waals surface area contributed by atoms with Gasteiger partial charge in [0.25, 0.3) is 0 Å². The molecule has 2 aliphatic heterocycles. The number of carbonyl (C=O) groups excluding carboxylic acids is 1. The second-order valence-electron chi connectivity index (χ2n) is 5.74. The summed E-state index contributed by atoms with van der Waals surface area (Å²) < 4.78 is 11.8. The number of Topliss-reactive ketones (excluding diaryl/α,β-unsaturated/α-hetero) is 1. The molecule has 108 valence electrons. The maximum Gasteiger partial charge on any atom is 0.161 e. The second kappa shape index (κ2) is 6.51. The molecule has 0 amide bonds. The zero-order valence-electron chi connectivity index (χ0n) is 11.8. The van der Waals surface area contributed by atoms with Crippen molar-refractivity contribution in [1.29, 1.82) is 0 Å². The Morgan fingerprint density at radius 2 is 1.95 bits per heavy atom. The van der Waals surface area contributed by atoms with Crippen LogP contribution in [0.2, 0.25) is 0 Å². The van der Waals surface area contributed by atoms with E-state index in [1.165, 1.54) is 5.56 Å². The predicted molar refractivity (Wildman–Crippen MR) is 76.6 cm³/mol. The molecule has 3 atom stereocenters. The van der Waals surface area contributed by atoms with Crippen LogP contribution in [0, 0.1) is 0 Å². The molecule has 2 aliphatic rings. The summed E-state index contributed by atoms with van der Waals surface area (Å²) in [6.07, 6.45) is 5.19. The molecule has 3 nitrogen and oxygen atoms in total. The van der Waals surface area contributed by atoms with Gasteiger partial charge in [-0.25, -0.2) is 0 Å². The standard InChI is InChI=1S/C17H22O3/c18-14-9-11-16-17(7-4-12-19-16)20-15(14)10-8-13-5-2-1-3-6-13/h1-3,5-6,15-17H,4,7-12H2/t15-,16-,17+/m1/s1. The molecule has 2 fully saturated rings. The summed E-state index contributed by atoms with van der Waals surface area (Å²) in [5.74, 6) is 0.249. The lowest BCUT2D eigenvalue weighted by atomic mass is 10.0. The first-order valence-corrected chi connectivity index (χ1v) is 7.66. The predicted octanol–water partition coefficient (Wildman–Crippen LogP) is 2.91. The van der Waals surface area contributed by atoms with E-state index in [0.29, 0.717) is 6.42 Å². The van der Waals surface area contributed by atoms with Crippen LogP contribution in [0.25, 0.3) is 0 Å². The molecule has 20 heavy (non-hydrogen) atoms. The molecule has 0 saturated carbocycles. The number of ether oxygens (including phenoxy) is 2. The van der Waals surface area contributed by atoms with Crippen LogP contribution < -0.4 is 0 Å². The SMILES string of the molecule is O=C1CC[C@H]2OCCC[C@@H]2O[C@@H]1CCc1ccccc1. The summed E-state index contributed by atoms with van der Waals surface area (Å²) in [5.41, 5.74) is 1.27. The fourth-order valence-corrected chi connectivity index (χ4v) is 3.14. The fraction of sp³-hybridized carbons (Fsp3) is 0.588. The van der Waals surface area contributed by atoms with Gasteiger partial charge in [-0.2, -0.15) is 0 Å². The van der Waals surface area contributed by atoms with E-state index in [4.69, 9.17) is 9.47 Å². The first-order valence-electron chi connectivity index (χ1n) is 7.66. The third kappa shape index (κ3) is 3.28. The van der Waals surface area contributed by atoms with Crippen LogP contribution in [0.1, 0.15) is 37.7 Å². The normalized spacial score (nSPS) is 30.6. The van der Waals surface area contributed by atoms with Crippen LogP contribution in [-0.2, 0) is 20.7 Å². The molecule has 0 N–H and O–H groups in total. The Bertz CT molecular complexity index is 443. The number of benzene rings is 1. The molecular formula is C17H22O3. The van der Waals surface area contributed by atoms with E-state index in [-0.39, 0.29) is 24.1 Å². The highest BCUT2D eigenvalue weighted by atomic mass is 16.6. The second-order valence-corrected chi connectivity index (χ2v) is 5.74. The number of rotatable bonds is 3. The Labute approximate surface area is 120 Å². The molecule has 0 spiro atoms. The van der Waals surface area contributed by atoms with Crippen molar-refractivity contribution in [2.75, 3.05) is 6.61 Å². The molecule has 0 unspecified atom stereocenters. The van der Waals surface area contributed by atoms with Gasteiger partial charge in [-0.3, -0.25) is 4.79 Å². The molecule has 3 rings (SSSR count). The van der Waals surface area contributed by atoms with E-state index in [1.54, 1.807) is 0 Å². The van der Waals surface area contributed by atoms with Gasteiger partial charge in [0.05, 0.1) is 12.2 Å². The smallest absolute Gasteiger partial charge is 0.161 e. The topological polar surface area (TPSA) is 35.5 Å². The van der Waals surface area contributed by atoms with E-state index in [2.05, 4.69) is 12.1 Å². The summed E-state index contributed by atoms with van der Waals surface area (Å²) in [6.45, 7) is 0.813. The highest BCUT2D eigenvalue weighted by molar-refractivity contribution is 5.83. The van der Waals surface area contributed by atoms with Crippen molar-refractivity contribution in [3.8, 4) is 0 Å². The Morgan fingerprint density at radius 1 is 1.10 bits per heavy atom. The average Bonchev–Trinajstić information content (AvgIpc) is 2.66. The van der Waals surface area contributed by atoms with Crippen LogP contribution in [0.5, 0.6) is 0 Å². The van der Waals surface area contributed by atoms with Crippen LogP contribution in [0.15, 0.2) is 30.3 Å². The van der Waals surface area contributed by atoms with E-state index < -0.39 is 0 Å². The molecule has 0 aliphatic carbocycles. The van der Waals surface area contributed by atoms with E-state index >= 15 is 0 Å². The lowest BCUT2D eigenvalue weighted by Crippen LogP contribution is -2.37. The van der Waals surface area contributed by atoms with Gasteiger partial charge in [-0.1, -0.05) is 30.3 Å². The van der Waals surface area contributed by atoms with E-state index in [0.717, 1.165) is 38.7 Å². The Hall–Kier alpha value is -1.19. The highest BCUT2D eigenvalue weighted by Crippen LogP contribution is 2.27. The quantitative estimate of drug-likeness (QED) is 0.850. The number of aryl methyl sites for hydroxylation is 1. The third-order valence-corrected chi connectivity index (χ3v) is 4.29. The summed E-state index contributed by atoms with van der Waals surface area (Å²) >= 11 is 0. The number of fused-ring (bicyclic) bond motifs is 1. The molecule has 3 heteroatoms. The van der Waals surface area contributed by atoms with Crippen molar-refractivity contribution in [3.63, 3.8) is 0 Å². The first kappa shape index (κ1) is 13.8. The van der Waals surface area contributed by atoms with Crippen molar-refractivity contribution in [2.45, 2.75) is 56.8 Å². The van der Waals surface area contributed by atoms with Crippen molar-refractivity contribution in [2.24, 2.45) is 0 Å². The van der Waals surface area contributed by atoms with E-state index in [9.17, 15) is 4.79 Å².